The predicted octanol–water partition coefficient (Wildman–Crippen LogP) is 1.54. The van der Waals surface area contributed by atoms with E-state index >= 15 is 0 Å². The van der Waals surface area contributed by atoms with Gasteiger partial charge in [-0.2, -0.15) is 0 Å². The van der Waals surface area contributed by atoms with E-state index in [1.807, 2.05) is 0 Å². The predicted molar refractivity (Wildman–Crippen MR) is 62.7 cm³/mol. The molecule has 0 radical (unpaired) electrons. The Morgan fingerprint density at radius 2 is 2.13 bits per heavy atom. The van der Waals surface area contributed by atoms with E-state index in [0.717, 1.165) is 25.9 Å². The summed E-state index contributed by atoms with van der Waals surface area (Å²) in [6.45, 7) is 10.2. The highest BCUT2D eigenvalue weighted by atomic mass is 16.2. The molecule has 3 heteroatoms. The average Bonchev–Trinajstić information content (AvgIpc) is 2.67. The molecule has 0 bridgehead atoms. The first kappa shape index (κ1) is 12.5. The lowest BCUT2D eigenvalue weighted by Crippen LogP contribution is -2.48. The number of amides is 1. The van der Waals surface area contributed by atoms with Crippen molar-refractivity contribution in [2.75, 3.05) is 13.1 Å². The third-order valence-electron chi connectivity index (χ3n) is 3.74. The lowest BCUT2D eigenvalue weighted by molar-refractivity contribution is -0.133. The molecule has 1 rings (SSSR count). The molecular weight excluding hydrogens is 188 g/mol. The summed E-state index contributed by atoms with van der Waals surface area (Å²) in [7, 11) is 0. The first-order valence-corrected chi connectivity index (χ1v) is 6.04. The third kappa shape index (κ3) is 2.51. The second kappa shape index (κ2) is 4.97. The summed E-state index contributed by atoms with van der Waals surface area (Å²) in [5.74, 6) is 0.633. The van der Waals surface area contributed by atoms with Gasteiger partial charge in [-0.15, -0.1) is 0 Å². The van der Waals surface area contributed by atoms with Crippen LogP contribution in [0.2, 0.25) is 0 Å². The van der Waals surface area contributed by atoms with E-state index in [0.29, 0.717) is 5.92 Å². The Balaban J connectivity index is 2.68. The van der Waals surface area contributed by atoms with Crippen LogP contribution in [0.4, 0.5) is 0 Å². The average molecular weight is 212 g/mol. The molecule has 1 aliphatic heterocycles. The molecule has 1 fully saturated rings. The van der Waals surface area contributed by atoms with Gasteiger partial charge in [-0.05, 0) is 32.2 Å². The Kier molecular flexibility index (Phi) is 4.14. The van der Waals surface area contributed by atoms with Crippen LogP contribution in [0.25, 0.3) is 0 Å². The number of nitrogens with one attached hydrogen (secondary N) is 2. The van der Waals surface area contributed by atoms with Gasteiger partial charge in [0, 0.05) is 12.6 Å². The molecule has 88 valence electrons. The first-order chi connectivity index (χ1) is 7.03. The molecule has 0 saturated carbocycles. The second-order valence-electron chi connectivity index (χ2n) is 5.02. The quantitative estimate of drug-likeness (QED) is 0.742. The van der Waals surface area contributed by atoms with E-state index in [1.54, 1.807) is 0 Å². The number of hydrogen-bond donors (Lipinski definition) is 2. The highest BCUT2D eigenvalue weighted by molar-refractivity contribution is 5.83. The lowest BCUT2D eigenvalue weighted by Gasteiger charge is -2.32. The van der Waals surface area contributed by atoms with E-state index in [9.17, 15) is 4.79 Å². The van der Waals surface area contributed by atoms with Crippen LogP contribution >= 0.6 is 0 Å². The van der Waals surface area contributed by atoms with Crippen LogP contribution in [0, 0.1) is 11.3 Å². The molecule has 0 aromatic heterocycles. The second-order valence-corrected chi connectivity index (χ2v) is 5.02. The van der Waals surface area contributed by atoms with Gasteiger partial charge in [0.2, 0.25) is 5.91 Å². The first-order valence-electron chi connectivity index (χ1n) is 6.04. The van der Waals surface area contributed by atoms with E-state index < -0.39 is 0 Å². The summed E-state index contributed by atoms with van der Waals surface area (Å²) in [6.07, 6.45) is 1.96. The highest BCUT2D eigenvalue weighted by Crippen LogP contribution is 2.34. The summed E-state index contributed by atoms with van der Waals surface area (Å²) < 4.78 is 0. The molecule has 2 atom stereocenters. The molecule has 0 aromatic carbocycles. The maximum atomic E-state index is 12.2. The van der Waals surface area contributed by atoms with Gasteiger partial charge >= 0.3 is 0 Å². The van der Waals surface area contributed by atoms with E-state index in [4.69, 9.17) is 0 Å². The standard InChI is InChI=1S/C12H24N2O/c1-5-10(4)14-11(15)12(9(2)3)6-7-13-8-12/h9-10,13H,5-8H2,1-4H3,(H,14,15). The van der Waals surface area contributed by atoms with Gasteiger partial charge in [-0.3, -0.25) is 4.79 Å². The van der Waals surface area contributed by atoms with Gasteiger partial charge in [-0.1, -0.05) is 20.8 Å². The van der Waals surface area contributed by atoms with Gasteiger partial charge in [0.05, 0.1) is 5.41 Å². The summed E-state index contributed by atoms with van der Waals surface area (Å²) in [4.78, 5) is 12.2. The molecule has 1 heterocycles. The number of rotatable bonds is 4. The number of carbonyl (C=O) groups excluding carboxylic acids is 1. The van der Waals surface area contributed by atoms with Crippen molar-refractivity contribution in [3.05, 3.63) is 0 Å². The maximum absolute atomic E-state index is 12.2. The number of carbonyl (C=O) groups is 1. The maximum Gasteiger partial charge on any atom is 0.228 e. The fraction of sp³-hybridized carbons (Fsp3) is 0.917. The van der Waals surface area contributed by atoms with Crippen molar-refractivity contribution in [1.82, 2.24) is 10.6 Å². The van der Waals surface area contributed by atoms with Gasteiger partial charge in [0.15, 0.2) is 0 Å². The van der Waals surface area contributed by atoms with Crippen LogP contribution in [0.3, 0.4) is 0 Å². The molecule has 1 aliphatic rings. The summed E-state index contributed by atoms with van der Waals surface area (Å²) in [6, 6.07) is 0.286. The highest BCUT2D eigenvalue weighted by Gasteiger charge is 2.43. The fourth-order valence-corrected chi connectivity index (χ4v) is 2.13. The van der Waals surface area contributed by atoms with Crippen molar-refractivity contribution in [3.8, 4) is 0 Å². The zero-order valence-corrected chi connectivity index (χ0v) is 10.4. The number of hydrogen-bond acceptors (Lipinski definition) is 2. The van der Waals surface area contributed by atoms with Gasteiger partial charge in [0.25, 0.3) is 0 Å². The van der Waals surface area contributed by atoms with Crippen molar-refractivity contribution >= 4 is 5.91 Å². The van der Waals surface area contributed by atoms with Crippen molar-refractivity contribution < 1.29 is 4.79 Å². The van der Waals surface area contributed by atoms with Gasteiger partial charge in [0.1, 0.15) is 0 Å². The van der Waals surface area contributed by atoms with E-state index in [-0.39, 0.29) is 17.4 Å². The third-order valence-corrected chi connectivity index (χ3v) is 3.74. The van der Waals surface area contributed by atoms with Gasteiger partial charge in [-0.25, -0.2) is 0 Å². The summed E-state index contributed by atoms with van der Waals surface area (Å²) in [5, 5.41) is 6.42. The van der Waals surface area contributed by atoms with Crippen molar-refractivity contribution in [3.63, 3.8) is 0 Å². The minimum atomic E-state index is -0.177. The van der Waals surface area contributed by atoms with Crippen LogP contribution < -0.4 is 10.6 Å². The molecule has 0 spiro atoms. The molecule has 2 unspecified atom stereocenters. The van der Waals surface area contributed by atoms with Gasteiger partial charge < -0.3 is 10.6 Å². The van der Waals surface area contributed by atoms with Crippen LogP contribution in [0.5, 0.6) is 0 Å². The topological polar surface area (TPSA) is 41.1 Å². The van der Waals surface area contributed by atoms with Crippen molar-refractivity contribution in [2.45, 2.75) is 46.6 Å². The molecule has 15 heavy (non-hydrogen) atoms. The Morgan fingerprint density at radius 1 is 1.47 bits per heavy atom. The zero-order chi connectivity index (χ0) is 11.5. The van der Waals surface area contributed by atoms with E-state index in [1.165, 1.54) is 0 Å². The van der Waals surface area contributed by atoms with Crippen LogP contribution in [-0.4, -0.2) is 25.0 Å². The molecule has 0 aliphatic carbocycles. The smallest absolute Gasteiger partial charge is 0.228 e. The minimum absolute atomic E-state index is 0.177. The Hall–Kier alpha value is -0.570. The Bertz CT molecular complexity index is 220. The lowest BCUT2D eigenvalue weighted by atomic mass is 9.75. The fourth-order valence-electron chi connectivity index (χ4n) is 2.13. The Morgan fingerprint density at radius 3 is 2.53 bits per heavy atom. The monoisotopic (exact) mass is 212 g/mol. The van der Waals surface area contributed by atoms with E-state index in [2.05, 4.69) is 38.3 Å². The molecule has 0 aromatic rings. The summed E-state index contributed by atoms with van der Waals surface area (Å²) in [5.41, 5.74) is -0.177. The normalized spacial score (nSPS) is 28.1. The van der Waals surface area contributed by atoms with Crippen molar-refractivity contribution in [2.24, 2.45) is 11.3 Å². The summed E-state index contributed by atoms with van der Waals surface area (Å²) >= 11 is 0. The zero-order valence-electron chi connectivity index (χ0n) is 10.4. The Labute approximate surface area is 93.0 Å². The largest absolute Gasteiger partial charge is 0.353 e. The molecule has 1 amide bonds. The molecule has 2 N–H and O–H groups in total. The van der Waals surface area contributed by atoms with Crippen LogP contribution in [0.1, 0.15) is 40.5 Å². The van der Waals surface area contributed by atoms with Crippen LogP contribution in [0.15, 0.2) is 0 Å². The molecular formula is C12H24N2O. The minimum Gasteiger partial charge on any atom is -0.353 e. The van der Waals surface area contributed by atoms with Crippen LogP contribution in [-0.2, 0) is 4.79 Å². The molecule has 1 saturated heterocycles. The van der Waals surface area contributed by atoms with Crippen molar-refractivity contribution in [1.29, 1.82) is 0 Å². The SMILES string of the molecule is CCC(C)NC(=O)C1(C(C)C)CCNC1. The molecule has 3 nitrogen and oxygen atoms in total.